The van der Waals surface area contributed by atoms with Crippen molar-refractivity contribution in [1.82, 2.24) is 20.6 Å². The summed E-state index contributed by atoms with van der Waals surface area (Å²) in [7, 11) is 1.68. The topological polar surface area (TPSA) is 100 Å². The van der Waals surface area contributed by atoms with Crippen molar-refractivity contribution in [2.24, 2.45) is 0 Å². The summed E-state index contributed by atoms with van der Waals surface area (Å²) in [6.07, 6.45) is 1.69. The van der Waals surface area contributed by atoms with E-state index in [-0.39, 0.29) is 5.57 Å². The molecule has 1 aromatic rings. The largest absolute Gasteiger partial charge is 0.373 e. The second kappa shape index (κ2) is 8.06. The summed E-state index contributed by atoms with van der Waals surface area (Å²) in [4.78, 5) is 7.25. The summed E-state index contributed by atoms with van der Waals surface area (Å²) in [5.74, 6) is 2.18. The first kappa shape index (κ1) is 14.9. The highest BCUT2D eigenvalue weighted by atomic mass is 32.2. The maximum absolute atomic E-state index is 8.76. The zero-order valence-electron chi connectivity index (χ0n) is 10.9. The highest BCUT2D eigenvalue weighted by molar-refractivity contribution is 7.98. The van der Waals surface area contributed by atoms with Crippen molar-refractivity contribution in [3.05, 3.63) is 29.1 Å². The molecule has 0 aromatic carbocycles. The van der Waals surface area contributed by atoms with Crippen LogP contribution in [-0.4, -0.2) is 29.3 Å². The Balaban J connectivity index is 2.32. The van der Waals surface area contributed by atoms with Crippen molar-refractivity contribution in [1.29, 1.82) is 10.5 Å². The molecule has 0 atom stereocenters. The van der Waals surface area contributed by atoms with Gasteiger partial charge in [0.25, 0.3) is 0 Å². The van der Waals surface area contributed by atoms with Crippen LogP contribution in [0.1, 0.15) is 11.4 Å². The summed E-state index contributed by atoms with van der Waals surface area (Å²) in [5, 5.41) is 23.4. The predicted octanol–water partition coefficient (Wildman–Crippen LogP) is 1.02. The lowest BCUT2D eigenvalue weighted by molar-refractivity contribution is 0.765. The third-order valence-corrected chi connectivity index (χ3v) is 3.42. The number of aromatic amines is 1. The summed E-state index contributed by atoms with van der Waals surface area (Å²) >= 11 is 1.74. The summed E-state index contributed by atoms with van der Waals surface area (Å²) in [6, 6.07) is 3.69. The second-order valence-corrected chi connectivity index (χ2v) is 4.78. The van der Waals surface area contributed by atoms with Crippen LogP contribution in [-0.2, 0) is 5.75 Å². The van der Waals surface area contributed by atoms with Gasteiger partial charge in [0.1, 0.15) is 18.0 Å². The molecule has 0 aliphatic heterocycles. The molecule has 100 valence electrons. The Hall–Kier alpha value is -2.12. The van der Waals surface area contributed by atoms with Gasteiger partial charge in [-0.25, -0.2) is 4.98 Å². The maximum atomic E-state index is 8.76. The van der Waals surface area contributed by atoms with Crippen LogP contribution in [0.3, 0.4) is 0 Å². The molecule has 0 saturated heterocycles. The normalized spacial score (nSPS) is 9.26. The molecule has 6 nitrogen and oxygen atoms in total. The van der Waals surface area contributed by atoms with Crippen LogP contribution in [0.5, 0.6) is 0 Å². The number of aromatic nitrogens is 2. The Morgan fingerprint density at radius 2 is 2.21 bits per heavy atom. The van der Waals surface area contributed by atoms with Crippen LogP contribution in [0, 0.1) is 29.6 Å². The van der Waals surface area contributed by atoms with E-state index in [1.807, 2.05) is 19.1 Å². The van der Waals surface area contributed by atoms with E-state index in [2.05, 4.69) is 20.6 Å². The summed E-state index contributed by atoms with van der Waals surface area (Å²) in [5.41, 5.74) is 2.22. The molecule has 19 heavy (non-hydrogen) atoms. The summed E-state index contributed by atoms with van der Waals surface area (Å²) in [6.45, 7) is 2.67. The lowest BCUT2D eigenvalue weighted by atomic mass is 10.3. The fourth-order valence-electron chi connectivity index (χ4n) is 1.39. The van der Waals surface area contributed by atoms with Gasteiger partial charge < -0.3 is 15.6 Å². The molecule has 1 heterocycles. The first-order valence-electron chi connectivity index (χ1n) is 5.75. The number of rotatable bonds is 7. The number of nitrogens with zero attached hydrogens (tertiary/aromatic N) is 3. The van der Waals surface area contributed by atoms with Crippen molar-refractivity contribution in [2.45, 2.75) is 12.7 Å². The Bertz CT molecular complexity index is 503. The molecule has 0 radical (unpaired) electrons. The minimum Gasteiger partial charge on any atom is -0.373 e. The number of allylic oxidation sites excluding steroid dienone is 1. The van der Waals surface area contributed by atoms with Gasteiger partial charge in [-0.3, -0.25) is 0 Å². The van der Waals surface area contributed by atoms with E-state index in [1.54, 1.807) is 25.1 Å². The van der Waals surface area contributed by atoms with E-state index in [0.29, 0.717) is 12.4 Å². The van der Waals surface area contributed by atoms with E-state index >= 15 is 0 Å². The monoisotopic (exact) mass is 276 g/mol. The number of aryl methyl sites for hydroxylation is 1. The first-order valence-corrected chi connectivity index (χ1v) is 6.91. The zero-order valence-corrected chi connectivity index (χ0v) is 11.8. The van der Waals surface area contributed by atoms with Crippen molar-refractivity contribution in [3.8, 4) is 12.1 Å². The first-order chi connectivity index (χ1) is 9.22. The lowest BCUT2D eigenvalue weighted by Gasteiger charge is -2.09. The molecule has 7 heteroatoms. The quantitative estimate of drug-likeness (QED) is 0.508. The van der Waals surface area contributed by atoms with Gasteiger partial charge in [0.05, 0.1) is 12.0 Å². The fourth-order valence-corrected chi connectivity index (χ4v) is 2.26. The third kappa shape index (κ3) is 4.57. The Morgan fingerprint density at radius 3 is 2.74 bits per heavy atom. The molecule has 0 aliphatic rings. The smallest absolute Gasteiger partial charge is 0.169 e. The Morgan fingerprint density at radius 1 is 1.47 bits per heavy atom. The second-order valence-electron chi connectivity index (χ2n) is 3.68. The van der Waals surface area contributed by atoms with E-state index in [9.17, 15) is 0 Å². The molecule has 0 bridgehead atoms. The van der Waals surface area contributed by atoms with Crippen LogP contribution >= 0.6 is 11.8 Å². The molecule has 0 spiro atoms. The van der Waals surface area contributed by atoms with Crippen LogP contribution < -0.4 is 10.6 Å². The average Bonchev–Trinajstić information content (AvgIpc) is 2.83. The SMILES string of the molecule is CNC(NCCSCc1nc[nH]c1C)=C(C#N)C#N. The van der Waals surface area contributed by atoms with Gasteiger partial charge in [0, 0.05) is 30.8 Å². The van der Waals surface area contributed by atoms with E-state index in [1.165, 1.54) is 0 Å². The van der Waals surface area contributed by atoms with Crippen LogP contribution in [0.15, 0.2) is 17.7 Å². The predicted molar refractivity (Wildman–Crippen MR) is 74.8 cm³/mol. The molecular weight excluding hydrogens is 260 g/mol. The molecule has 3 N–H and O–H groups in total. The highest BCUT2D eigenvalue weighted by Crippen LogP contribution is 2.11. The minimum absolute atomic E-state index is 0.0654. The van der Waals surface area contributed by atoms with Crippen LogP contribution in [0.4, 0.5) is 0 Å². The van der Waals surface area contributed by atoms with Gasteiger partial charge >= 0.3 is 0 Å². The van der Waals surface area contributed by atoms with E-state index < -0.39 is 0 Å². The molecule has 0 saturated carbocycles. The standard InChI is InChI=1S/C12H16N6S/c1-9-11(18-8-17-9)7-19-4-3-16-12(15-2)10(5-13)6-14/h8,15-16H,3-4,7H2,1-2H3,(H,17,18). The number of nitrogens with one attached hydrogen (secondary N) is 3. The van der Waals surface area contributed by atoms with Crippen molar-refractivity contribution in [2.75, 3.05) is 19.3 Å². The number of imidazole rings is 1. The lowest BCUT2D eigenvalue weighted by Crippen LogP contribution is -2.27. The van der Waals surface area contributed by atoms with Crippen LogP contribution in [0.2, 0.25) is 0 Å². The number of nitriles is 2. The Kier molecular flexibility index (Phi) is 6.34. The molecule has 1 aromatic heterocycles. The van der Waals surface area contributed by atoms with Gasteiger partial charge in [-0.05, 0) is 6.92 Å². The molecule has 1 rings (SSSR count). The Labute approximate surface area is 116 Å². The van der Waals surface area contributed by atoms with Crippen LogP contribution in [0.25, 0.3) is 0 Å². The molecule has 0 amide bonds. The number of hydrogen-bond donors (Lipinski definition) is 3. The number of hydrogen-bond acceptors (Lipinski definition) is 6. The molecule has 0 fully saturated rings. The molecule has 0 unspecified atom stereocenters. The van der Waals surface area contributed by atoms with Gasteiger partial charge in [-0.2, -0.15) is 22.3 Å². The van der Waals surface area contributed by atoms with Crippen molar-refractivity contribution >= 4 is 11.8 Å². The highest BCUT2D eigenvalue weighted by Gasteiger charge is 2.04. The van der Waals surface area contributed by atoms with Gasteiger partial charge in [0.15, 0.2) is 5.57 Å². The zero-order chi connectivity index (χ0) is 14.1. The third-order valence-electron chi connectivity index (χ3n) is 2.44. The maximum Gasteiger partial charge on any atom is 0.169 e. The average molecular weight is 276 g/mol. The summed E-state index contributed by atoms with van der Waals surface area (Å²) < 4.78 is 0. The van der Waals surface area contributed by atoms with Crippen molar-refractivity contribution in [3.63, 3.8) is 0 Å². The molecule has 0 aliphatic carbocycles. The van der Waals surface area contributed by atoms with E-state index in [4.69, 9.17) is 10.5 Å². The van der Waals surface area contributed by atoms with Crippen molar-refractivity contribution < 1.29 is 0 Å². The minimum atomic E-state index is 0.0654. The van der Waals surface area contributed by atoms with Gasteiger partial charge in [0.2, 0.25) is 0 Å². The fraction of sp³-hybridized carbons (Fsp3) is 0.417. The van der Waals surface area contributed by atoms with E-state index in [0.717, 1.165) is 22.9 Å². The van der Waals surface area contributed by atoms with Gasteiger partial charge in [-0.1, -0.05) is 0 Å². The van der Waals surface area contributed by atoms with Gasteiger partial charge in [-0.15, -0.1) is 0 Å². The number of thioether (sulfide) groups is 1. The number of H-pyrrole nitrogens is 1. The molecular formula is C12H16N6S.